The van der Waals surface area contributed by atoms with Crippen molar-refractivity contribution in [3.8, 4) is 11.5 Å². The first kappa shape index (κ1) is 23.0. The van der Waals surface area contributed by atoms with E-state index in [1.165, 1.54) is 25.7 Å². The van der Waals surface area contributed by atoms with E-state index in [9.17, 15) is 9.90 Å². The number of carbonyl (C=O) groups excluding carboxylic acids is 1. The zero-order chi connectivity index (χ0) is 22.1. The van der Waals surface area contributed by atoms with Gasteiger partial charge in [-0.1, -0.05) is 46.5 Å². The van der Waals surface area contributed by atoms with Gasteiger partial charge in [0.25, 0.3) is 0 Å². The number of amides is 1. The summed E-state index contributed by atoms with van der Waals surface area (Å²) < 4.78 is 6.52. The number of aromatic hydroxyl groups is 1. The van der Waals surface area contributed by atoms with Gasteiger partial charge in [-0.25, -0.2) is 0 Å². The molecule has 4 heteroatoms. The molecule has 0 bridgehead atoms. The largest absolute Gasteiger partial charge is 0.508 e. The second kappa shape index (κ2) is 8.80. The summed E-state index contributed by atoms with van der Waals surface area (Å²) in [6.07, 6.45) is 8.90. The van der Waals surface area contributed by atoms with Gasteiger partial charge in [0.15, 0.2) is 0 Å². The molecule has 4 nitrogen and oxygen atoms in total. The number of nitrogens with one attached hydrogen (secondary N) is 1. The summed E-state index contributed by atoms with van der Waals surface area (Å²) in [4.78, 5) is 11.6. The van der Waals surface area contributed by atoms with Crippen molar-refractivity contribution >= 4 is 5.91 Å². The second-order valence-corrected chi connectivity index (χ2v) is 10.7. The lowest BCUT2D eigenvalue weighted by molar-refractivity contribution is -0.120. The summed E-state index contributed by atoms with van der Waals surface area (Å²) in [5.41, 5.74) is 1.81. The van der Waals surface area contributed by atoms with E-state index >= 15 is 0 Å². The highest BCUT2D eigenvalue weighted by molar-refractivity contribution is 5.73. The van der Waals surface area contributed by atoms with E-state index in [0.717, 1.165) is 42.6 Å². The molecular formula is C26H41NO3. The Balaban J connectivity index is 1.90. The van der Waals surface area contributed by atoms with E-state index < -0.39 is 0 Å². The maximum atomic E-state index is 11.6. The van der Waals surface area contributed by atoms with E-state index in [1.54, 1.807) is 6.92 Å². The summed E-state index contributed by atoms with van der Waals surface area (Å²) in [7, 11) is 0. The molecule has 0 aromatic heterocycles. The number of hydrogen-bond acceptors (Lipinski definition) is 3. The summed E-state index contributed by atoms with van der Waals surface area (Å²) in [5.74, 6) is 1.76. The van der Waals surface area contributed by atoms with Gasteiger partial charge in [0.1, 0.15) is 17.1 Å². The van der Waals surface area contributed by atoms with Crippen LogP contribution in [0, 0.1) is 5.92 Å². The third kappa shape index (κ3) is 4.78. The normalized spacial score (nSPS) is 25.1. The summed E-state index contributed by atoms with van der Waals surface area (Å²) >= 11 is 0. The number of hydrogen-bond donors (Lipinski definition) is 2. The Hall–Kier alpha value is -1.71. The predicted molar refractivity (Wildman–Crippen MR) is 122 cm³/mol. The van der Waals surface area contributed by atoms with Crippen molar-refractivity contribution in [2.24, 2.45) is 5.92 Å². The Bertz CT molecular complexity index is 768. The SMILES string of the molecule is CCCCCCC(C)(C)c1cc(O)c2c(c1)OC(C)(C)[C@H]1CC[C@H](NC(C)=O)C[C@@H]21. The van der Waals surface area contributed by atoms with Crippen molar-refractivity contribution in [2.45, 2.75) is 116 Å². The number of phenolic OH excluding ortho intramolecular Hbond substituents is 1. The zero-order valence-corrected chi connectivity index (χ0v) is 19.8. The lowest BCUT2D eigenvalue weighted by atomic mass is 9.65. The Morgan fingerprint density at radius 2 is 1.97 bits per heavy atom. The predicted octanol–water partition coefficient (Wildman–Crippen LogP) is 6.20. The molecule has 2 N–H and O–H groups in total. The average Bonchev–Trinajstić information content (AvgIpc) is 2.63. The molecule has 1 amide bonds. The van der Waals surface area contributed by atoms with Gasteiger partial charge in [0, 0.05) is 24.4 Å². The van der Waals surface area contributed by atoms with Crippen molar-refractivity contribution in [2.75, 3.05) is 0 Å². The minimum atomic E-state index is -0.283. The minimum Gasteiger partial charge on any atom is -0.508 e. The third-order valence-corrected chi connectivity index (χ3v) is 7.45. The van der Waals surface area contributed by atoms with Crippen LogP contribution in [0.25, 0.3) is 0 Å². The van der Waals surface area contributed by atoms with Gasteiger partial charge in [-0.05, 0) is 68.6 Å². The van der Waals surface area contributed by atoms with Crippen LogP contribution in [-0.4, -0.2) is 22.7 Å². The van der Waals surface area contributed by atoms with Crippen molar-refractivity contribution < 1.29 is 14.6 Å². The minimum absolute atomic E-state index is 0.00408. The van der Waals surface area contributed by atoms with Crippen molar-refractivity contribution in [1.82, 2.24) is 5.32 Å². The Kier molecular flexibility index (Phi) is 6.74. The molecule has 1 heterocycles. The number of carbonyl (C=O) groups is 1. The quantitative estimate of drug-likeness (QED) is 0.521. The van der Waals surface area contributed by atoms with Crippen LogP contribution in [0.3, 0.4) is 0 Å². The molecule has 2 aliphatic rings. The molecule has 1 aromatic rings. The molecule has 3 rings (SSSR count). The highest BCUT2D eigenvalue weighted by atomic mass is 16.5. The van der Waals surface area contributed by atoms with Crippen LogP contribution in [0.5, 0.6) is 11.5 Å². The van der Waals surface area contributed by atoms with Crippen molar-refractivity contribution in [1.29, 1.82) is 0 Å². The molecule has 168 valence electrons. The number of unbranched alkanes of at least 4 members (excludes halogenated alkanes) is 3. The molecule has 1 saturated carbocycles. The van der Waals surface area contributed by atoms with Gasteiger partial charge in [0.05, 0.1) is 0 Å². The number of rotatable bonds is 7. The van der Waals surface area contributed by atoms with Crippen molar-refractivity contribution in [3.05, 3.63) is 23.3 Å². The highest BCUT2D eigenvalue weighted by Crippen LogP contribution is 2.55. The van der Waals surface area contributed by atoms with Crippen LogP contribution in [0.1, 0.15) is 110 Å². The van der Waals surface area contributed by atoms with E-state index in [0.29, 0.717) is 11.7 Å². The lowest BCUT2D eigenvalue weighted by Gasteiger charge is -2.49. The van der Waals surface area contributed by atoms with Gasteiger partial charge in [-0.2, -0.15) is 0 Å². The van der Waals surface area contributed by atoms with E-state index in [1.807, 2.05) is 6.07 Å². The first-order valence-electron chi connectivity index (χ1n) is 11.9. The molecule has 1 aliphatic carbocycles. The molecule has 3 atom stereocenters. The van der Waals surface area contributed by atoms with E-state index in [-0.39, 0.29) is 28.9 Å². The molecule has 1 aliphatic heterocycles. The topological polar surface area (TPSA) is 58.6 Å². The highest BCUT2D eigenvalue weighted by Gasteiger charge is 2.48. The summed E-state index contributed by atoms with van der Waals surface area (Å²) in [6.45, 7) is 12.7. The summed E-state index contributed by atoms with van der Waals surface area (Å²) in [6, 6.07) is 4.31. The van der Waals surface area contributed by atoms with Crippen LogP contribution >= 0.6 is 0 Å². The van der Waals surface area contributed by atoms with Crippen LogP contribution in [0.2, 0.25) is 0 Å². The fraction of sp³-hybridized carbons (Fsp3) is 0.731. The Labute approximate surface area is 182 Å². The first-order chi connectivity index (χ1) is 14.0. The maximum absolute atomic E-state index is 11.6. The zero-order valence-electron chi connectivity index (χ0n) is 19.8. The molecule has 1 fully saturated rings. The number of phenols is 1. The number of fused-ring (bicyclic) bond motifs is 3. The molecule has 0 spiro atoms. The molecule has 0 unspecified atom stereocenters. The molecule has 0 saturated heterocycles. The van der Waals surface area contributed by atoms with Crippen LogP contribution in [-0.2, 0) is 10.2 Å². The maximum Gasteiger partial charge on any atom is 0.217 e. The van der Waals surface area contributed by atoms with Crippen LogP contribution in [0.4, 0.5) is 0 Å². The van der Waals surface area contributed by atoms with Gasteiger partial charge >= 0.3 is 0 Å². The van der Waals surface area contributed by atoms with Gasteiger partial charge < -0.3 is 15.2 Å². The molecule has 1 aromatic carbocycles. The van der Waals surface area contributed by atoms with Gasteiger partial charge in [-0.15, -0.1) is 0 Å². The smallest absolute Gasteiger partial charge is 0.217 e. The number of ether oxygens (including phenoxy) is 1. The van der Waals surface area contributed by atoms with Crippen molar-refractivity contribution in [3.63, 3.8) is 0 Å². The lowest BCUT2D eigenvalue weighted by Crippen LogP contribution is -2.50. The van der Waals surface area contributed by atoms with E-state index in [2.05, 4.69) is 46.0 Å². The van der Waals surface area contributed by atoms with Gasteiger partial charge in [-0.3, -0.25) is 4.79 Å². The average molecular weight is 416 g/mol. The molecule has 30 heavy (non-hydrogen) atoms. The summed E-state index contributed by atoms with van der Waals surface area (Å²) in [5, 5.41) is 14.2. The van der Waals surface area contributed by atoms with Crippen LogP contribution < -0.4 is 10.1 Å². The second-order valence-electron chi connectivity index (χ2n) is 10.7. The monoisotopic (exact) mass is 415 g/mol. The Morgan fingerprint density at radius 1 is 1.23 bits per heavy atom. The first-order valence-corrected chi connectivity index (χ1v) is 11.9. The Morgan fingerprint density at radius 3 is 2.63 bits per heavy atom. The third-order valence-electron chi connectivity index (χ3n) is 7.45. The fourth-order valence-electron chi connectivity index (χ4n) is 5.70. The van der Waals surface area contributed by atoms with Crippen LogP contribution in [0.15, 0.2) is 12.1 Å². The molecular weight excluding hydrogens is 374 g/mol. The number of benzene rings is 1. The standard InChI is InChI=1S/C26H41NO3/c1-7-8-9-10-13-25(3,4)18-14-22(29)24-20-16-19(27-17(2)28)11-12-21(20)26(5,6)30-23(24)15-18/h14-15,19-21,29H,7-13,16H2,1-6H3,(H,27,28)/t19-,20+,21-/m0/s1. The molecule has 0 radical (unpaired) electrons. The fourth-order valence-corrected chi connectivity index (χ4v) is 5.70. The van der Waals surface area contributed by atoms with E-state index in [4.69, 9.17) is 4.74 Å². The van der Waals surface area contributed by atoms with Gasteiger partial charge in [0.2, 0.25) is 5.91 Å².